The fraction of sp³-hybridized carbons (Fsp3) is 0.467. The fourth-order valence-electron chi connectivity index (χ4n) is 2.75. The molecule has 5 nitrogen and oxygen atoms in total. The first-order valence-electron chi connectivity index (χ1n) is 7.45. The fourth-order valence-corrected chi connectivity index (χ4v) is 3.80. The topological polar surface area (TPSA) is 67.8 Å². The van der Waals surface area contributed by atoms with E-state index < -0.39 is 0 Å². The molecule has 0 aliphatic heterocycles. The molecule has 1 saturated carbocycles. The van der Waals surface area contributed by atoms with Crippen LogP contribution in [0.1, 0.15) is 47.5 Å². The first-order chi connectivity index (χ1) is 10.7. The maximum atomic E-state index is 12.1. The quantitative estimate of drug-likeness (QED) is 0.917. The monoisotopic (exact) mass is 336 g/mol. The van der Waals surface area contributed by atoms with Gasteiger partial charge in [0.15, 0.2) is 0 Å². The molecule has 22 heavy (non-hydrogen) atoms. The summed E-state index contributed by atoms with van der Waals surface area (Å²) >= 11 is 7.41. The van der Waals surface area contributed by atoms with E-state index in [-0.39, 0.29) is 5.91 Å². The second-order valence-corrected chi connectivity index (χ2v) is 6.99. The Morgan fingerprint density at radius 2 is 2.14 bits per heavy atom. The van der Waals surface area contributed by atoms with E-state index in [0.717, 1.165) is 11.4 Å². The number of pyridine rings is 1. The minimum atomic E-state index is -0.284. The Morgan fingerprint density at radius 3 is 2.91 bits per heavy atom. The second-order valence-electron chi connectivity index (χ2n) is 5.52. The number of aromatic nitrogens is 3. The molecule has 2 aromatic rings. The van der Waals surface area contributed by atoms with Crippen LogP contribution in [0.2, 0.25) is 5.02 Å². The number of halogens is 1. The van der Waals surface area contributed by atoms with Gasteiger partial charge in [0.25, 0.3) is 5.91 Å². The molecule has 1 fully saturated rings. The average Bonchev–Trinajstić information content (AvgIpc) is 2.95. The molecule has 1 N–H and O–H groups in total. The van der Waals surface area contributed by atoms with Crippen molar-refractivity contribution in [1.82, 2.24) is 15.2 Å². The van der Waals surface area contributed by atoms with Crippen LogP contribution in [-0.2, 0) is 6.42 Å². The van der Waals surface area contributed by atoms with Crippen LogP contribution in [0.4, 0.5) is 5.13 Å². The largest absolute Gasteiger partial charge is 0.296 e. The number of nitrogens with one attached hydrogen (secondary N) is 1. The number of anilines is 1. The average molecular weight is 337 g/mol. The van der Waals surface area contributed by atoms with Crippen LogP contribution in [0.3, 0.4) is 0 Å². The minimum absolute atomic E-state index is 0.284. The Hall–Kier alpha value is -1.53. The molecule has 0 unspecified atom stereocenters. The molecule has 0 aromatic carbocycles. The molecular weight excluding hydrogens is 320 g/mol. The molecule has 1 amide bonds. The van der Waals surface area contributed by atoms with Crippen LogP contribution in [0.25, 0.3) is 0 Å². The number of rotatable bonds is 4. The van der Waals surface area contributed by atoms with Gasteiger partial charge in [0.05, 0.1) is 10.6 Å². The smallest absolute Gasteiger partial charge is 0.259 e. The first-order valence-corrected chi connectivity index (χ1v) is 8.65. The third-order valence-electron chi connectivity index (χ3n) is 3.89. The van der Waals surface area contributed by atoms with Crippen molar-refractivity contribution in [3.63, 3.8) is 0 Å². The predicted octanol–water partition coefficient (Wildman–Crippen LogP) is 3.96. The molecule has 2 heterocycles. The van der Waals surface area contributed by atoms with E-state index in [1.807, 2.05) is 0 Å². The molecule has 0 bridgehead atoms. The summed E-state index contributed by atoms with van der Waals surface area (Å²) in [6.45, 7) is 0. The molecule has 1 aliphatic rings. The van der Waals surface area contributed by atoms with E-state index in [4.69, 9.17) is 11.6 Å². The predicted molar refractivity (Wildman–Crippen MR) is 87.4 cm³/mol. The van der Waals surface area contributed by atoms with E-state index in [0.29, 0.717) is 21.6 Å². The zero-order chi connectivity index (χ0) is 15.4. The Bertz CT molecular complexity index is 654. The SMILES string of the molecule is O=C(Nc1nnc(CC2CCCCC2)s1)c1ccncc1Cl. The van der Waals surface area contributed by atoms with Gasteiger partial charge in [-0.3, -0.25) is 15.1 Å². The number of amides is 1. The third-order valence-corrected chi connectivity index (χ3v) is 5.05. The Kier molecular flexibility index (Phi) is 5.00. The lowest BCUT2D eigenvalue weighted by molar-refractivity contribution is 0.102. The van der Waals surface area contributed by atoms with Gasteiger partial charge in [-0.25, -0.2) is 0 Å². The van der Waals surface area contributed by atoms with Crippen molar-refractivity contribution >= 4 is 34.0 Å². The van der Waals surface area contributed by atoms with Crippen LogP contribution < -0.4 is 5.32 Å². The van der Waals surface area contributed by atoms with Crippen molar-refractivity contribution in [3.05, 3.63) is 34.1 Å². The van der Waals surface area contributed by atoms with Crippen molar-refractivity contribution in [2.45, 2.75) is 38.5 Å². The van der Waals surface area contributed by atoms with Gasteiger partial charge in [-0.1, -0.05) is 55.0 Å². The van der Waals surface area contributed by atoms with Gasteiger partial charge in [0.2, 0.25) is 5.13 Å². The van der Waals surface area contributed by atoms with Crippen molar-refractivity contribution in [2.75, 3.05) is 5.32 Å². The maximum Gasteiger partial charge on any atom is 0.259 e. The summed E-state index contributed by atoms with van der Waals surface area (Å²) in [6.07, 6.45) is 10.5. The van der Waals surface area contributed by atoms with Crippen LogP contribution >= 0.6 is 22.9 Å². The van der Waals surface area contributed by atoms with Gasteiger partial charge < -0.3 is 0 Å². The summed E-state index contributed by atoms with van der Waals surface area (Å²) in [5, 5.41) is 12.8. The van der Waals surface area contributed by atoms with Gasteiger partial charge in [-0.15, -0.1) is 10.2 Å². The zero-order valence-corrected chi connectivity index (χ0v) is 13.7. The maximum absolute atomic E-state index is 12.1. The molecule has 116 valence electrons. The van der Waals surface area contributed by atoms with Crippen LogP contribution in [0.5, 0.6) is 0 Å². The van der Waals surface area contributed by atoms with Crippen LogP contribution in [0.15, 0.2) is 18.5 Å². The lowest BCUT2D eigenvalue weighted by Crippen LogP contribution is -2.12. The molecule has 0 atom stereocenters. The minimum Gasteiger partial charge on any atom is -0.296 e. The van der Waals surface area contributed by atoms with Gasteiger partial charge in [-0.05, 0) is 12.0 Å². The molecule has 0 saturated heterocycles. The number of hydrogen-bond donors (Lipinski definition) is 1. The standard InChI is InChI=1S/C15H17ClN4OS/c16-12-9-17-7-6-11(12)14(21)18-15-20-19-13(22-15)8-10-4-2-1-3-5-10/h6-7,9-10H,1-5,8H2,(H,18,20,21). The summed E-state index contributed by atoms with van der Waals surface area (Å²) in [4.78, 5) is 16.0. The summed E-state index contributed by atoms with van der Waals surface area (Å²) < 4.78 is 0. The van der Waals surface area contributed by atoms with Crippen molar-refractivity contribution in [3.8, 4) is 0 Å². The van der Waals surface area contributed by atoms with E-state index >= 15 is 0 Å². The summed E-state index contributed by atoms with van der Waals surface area (Å²) in [6, 6.07) is 1.58. The third kappa shape index (κ3) is 3.81. The lowest BCUT2D eigenvalue weighted by atomic mass is 9.87. The van der Waals surface area contributed by atoms with Gasteiger partial charge in [-0.2, -0.15) is 0 Å². The van der Waals surface area contributed by atoms with Crippen LogP contribution in [-0.4, -0.2) is 21.1 Å². The normalized spacial score (nSPS) is 15.7. The number of nitrogens with zero attached hydrogens (tertiary/aromatic N) is 3. The van der Waals surface area contributed by atoms with E-state index in [2.05, 4.69) is 20.5 Å². The molecule has 3 rings (SSSR count). The van der Waals surface area contributed by atoms with Crippen molar-refractivity contribution in [1.29, 1.82) is 0 Å². The van der Waals surface area contributed by atoms with Gasteiger partial charge >= 0.3 is 0 Å². The number of carbonyl (C=O) groups excluding carboxylic acids is 1. The van der Waals surface area contributed by atoms with Crippen molar-refractivity contribution in [2.24, 2.45) is 5.92 Å². The lowest BCUT2D eigenvalue weighted by Gasteiger charge is -2.19. The Balaban J connectivity index is 1.61. The Labute approximate surface area is 138 Å². The molecule has 0 radical (unpaired) electrons. The highest BCUT2D eigenvalue weighted by molar-refractivity contribution is 7.15. The van der Waals surface area contributed by atoms with Crippen molar-refractivity contribution < 1.29 is 4.79 Å². The first kappa shape index (κ1) is 15.4. The van der Waals surface area contributed by atoms with Gasteiger partial charge in [0, 0.05) is 18.8 Å². The molecule has 0 spiro atoms. The number of carbonyl (C=O) groups is 1. The molecule has 2 aromatic heterocycles. The highest BCUT2D eigenvalue weighted by Gasteiger charge is 2.17. The molecule has 7 heteroatoms. The summed E-state index contributed by atoms with van der Waals surface area (Å²) in [5.41, 5.74) is 0.390. The number of hydrogen-bond acceptors (Lipinski definition) is 5. The summed E-state index contributed by atoms with van der Waals surface area (Å²) in [7, 11) is 0. The van der Waals surface area contributed by atoms with Crippen LogP contribution in [0, 0.1) is 5.92 Å². The molecule has 1 aliphatic carbocycles. The zero-order valence-electron chi connectivity index (χ0n) is 12.1. The molecular formula is C15H17ClN4OS. The van der Waals surface area contributed by atoms with E-state index in [1.165, 1.54) is 55.8 Å². The Morgan fingerprint density at radius 1 is 1.32 bits per heavy atom. The second kappa shape index (κ2) is 7.15. The van der Waals surface area contributed by atoms with E-state index in [9.17, 15) is 4.79 Å². The summed E-state index contributed by atoms with van der Waals surface area (Å²) in [5.74, 6) is 0.424. The highest BCUT2D eigenvalue weighted by Crippen LogP contribution is 2.28. The van der Waals surface area contributed by atoms with E-state index in [1.54, 1.807) is 6.07 Å². The van der Waals surface area contributed by atoms with Gasteiger partial charge in [0.1, 0.15) is 5.01 Å². The highest BCUT2D eigenvalue weighted by atomic mass is 35.5.